The molecule has 0 amide bonds. The number of phenols is 1. The number of fused-ring (bicyclic) bond motifs is 5. The van der Waals surface area contributed by atoms with Crippen molar-refractivity contribution in [3.8, 4) is 5.75 Å². The zero-order valence-corrected chi connectivity index (χ0v) is 19.6. The first-order chi connectivity index (χ1) is 13.9. The molecular formula is C26H36BrNO. The summed E-state index contributed by atoms with van der Waals surface area (Å²) in [5.41, 5.74) is 1.79. The molecule has 5 rings (SSSR count). The predicted octanol–water partition coefficient (Wildman–Crippen LogP) is 7.38. The first-order valence-electron chi connectivity index (χ1n) is 11.9. The average Bonchev–Trinajstić information content (AvgIpc) is 3.04. The van der Waals surface area contributed by atoms with Crippen LogP contribution in [0.15, 0.2) is 27.7 Å². The number of benzene rings is 1. The molecule has 29 heavy (non-hydrogen) atoms. The molecule has 4 aliphatic carbocycles. The van der Waals surface area contributed by atoms with Crippen LogP contribution >= 0.6 is 15.9 Å². The highest BCUT2D eigenvalue weighted by Crippen LogP contribution is 2.66. The fourth-order valence-corrected chi connectivity index (χ4v) is 8.69. The summed E-state index contributed by atoms with van der Waals surface area (Å²) in [6.07, 6.45) is 16.1. The number of rotatable bonds is 2. The van der Waals surface area contributed by atoms with E-state index in [0.717, 1.165) is 33.7 Å². The second-order valence-corrected chi connectivity index (χ2v) is 11.9. The second kappa shape index (κ2) is 7.39. The monoisotopic (exact) mass is 457 g/mol. The van der Waals surface area contributed by atoms with Crippen molar-refractivity contribution in [2.75, 3.05) is 0 Å². The van der Waals surface area contributed by atoms with Gasteiger partial charge in [-0.3, -0.25) is 4.99 Å². The molecule has 4 aliphatic rings. The second-order valence-electron chi connectivity index (χ2n) is 11.0. The van der Waals surface area contributed by atoms with Crippen molar-refractivity contribution in [3.05, 3.63) is 28.2 Å². The lowest BCUT2D eigenvalue weighted by Crippen LogP contribution is -2.53. The minimum absolute atomic E-state index is 0.323. The van der Waals surface area contributed by atoms with Gasteiger partial charge in [-0.1, -0.05) is 42.6 Å². The smallest absolute Gasteiger partial charge is 0.124 e. The molecule has 7 atom stereocenters. The minimum Gasteiger partial charge on any atom is -0.507 e. The van der Waals surface area contributed by atoms with Gasteiger partial charge in [-0.15, -0.1) is 0 Å². The van der Waals surface area contributed by atoms with E-state index in [9.17, 15) is 5.11 Å². The van der Waals surface area contributed by atoms with Crippen molar-refractivity contribution >= 4 is 22.1 Å². The Kier molecular flexibility index (Phi) is 5.12. The number of aromatic hydroxyl groups is 1. The third-order valence-electron chi connectivity index (χ3n) is 9.92. The van der Waals surface area contributed by atoms with Crippen molar-refractivity contribution in [1.29, 1.82) is 0 Å². The molecule has 0 bridgehead atoms. The van der Waals surface area contributed by atoms with Crippen LogP contribution in [-0.4, -0.2) is 17.4 Å². The van der Waals surface area contributed by atoms with Gasteiger partial charge >= 0.3 is 0 Å². The van der Waals surface area contributed by atoms with Crippen LogP contribution in [0, 0.1) is 34.5 Å². The zero-order chi connectivity index (χ0) is 20.2. The maximum Gasteiger partial charge on any atom is 0.124 e. The van der Waals surface area contributed by atoms with Gasteiger partial charge in [0.05, 0.1) is 6.04 Å². The zero-order valence-electron chi connectivity index (χ0n) is 18.0. The third kappa shape index (κ3) is 3.22. The van der Waals surface area contributed by atoms with Crippen molar-refractivity contribution in [1.82, 2.24) is 0 Å². The lowest BCUT2D eigenvalue weighted by Gasteiger charge is -2.60. The number of phenolic OH excluding ortho intramolecular Hbond substituents is 1. The van der Waals surface area contributed by atoms with Gasteiger partial charge < -0.3 is 5.11 Å². The van der Waals surface area contributed by atoms with Crippen LogP contribution in [0.3, 0.4) is 0 Å². The molecule has 2 nitrogen and oxygen atoms in total. The summed E-state index contributed by atoms with van der Waals surface area (Å²) in [7, 11) is 0. The molecular weight excluding hydrogens is 422 g/mol. The summed E-state index contributed by atoms with van der Waals surface area (Å²) in [6, 6.07) is 6.00. The van der Waals surface area contributed by atoms with Crippen LogP contribution in [0.5, 0.6) is 5.75 Å². The number of nitrogens with zero attached hydrogens (tertiary/aromatic N) is 1. The molecule has 0 aromatic heterocycles. The van der Waals surface area contributed by atoms with Crippen LogP contribution in [0.25, 0.3) is 0 Å². The fraction of sp³-hybridized carbons (Fsp3) is 0.731. The topological polar surface area (TPSA) is 32.6 Å². The maximum absolute atomic E-state index is 10.2. The normalized spacial score (nSPS) is 44.3. The van der Waals surface area contributed by atoms with E-state index in [1.165, 1.54) is 64.2 Å². The SMILES string of the molecule is C[C@]12CCCC[C@H]1CC[C@@H]1[C@@H]2CC[C@]2(C)[C@H](N=Cc3cc(Br)ccc3O)CC[C@@H]12. The Labute approximate surface area is 184 Å². The summed E-state index contributed by atoms with van der Waals surface area (Å²) >= 11 is 3.51. The summed E-state index contributed by atoms with van der Waals surface area (Å²) in [4.78, 5) is 5.08. The van der Waals surface area contributed by atoms with Crippen molar-refractivity contribution < 1.29 is 5.11 Å². The standard InChI is InChI=1S/C26H36BrNO/c1-25-13-4-3-5-18(25)6-8-20-21-9-11-24(26(21,2)14-12-22(20)25)28-16-17-15-19(27)7-10-23(17)29/h7,10,15-16,18,20-22,24,29H,3-6,8-9,11-14H2,1-2H3/t18-,20-,21-,22-,24+,25-,26-/m0/s1. The summed E-state index contributed by atoms with van der Waals surface area (Å²) in [5, 5.41) is 10.2. The maximum atomic E-state index is 10.2. The van der Waals surface area contributed by atoms with Crippen molar-refractivity contribution in [2.45, 2.75) is 84.1 Å². The molecule has 1 N–H and O–H groups in total. The Morgan fingerprint density at radius 3 is 2.66 bits per heavy atom. The van der Waals surface area contributed by atoms with E-state index in [0.29, 0.717) is 22.6 Å². The molecule has 1 aromatic rings. The first kappa shape index (κ1) is 20.1. The Morgan fingerprint density at radius 2 is 1.79 bits per heavy atom. The van der Waals surface area contributed by atoms with E-state index >= 15 is 0 Å². The van der Waals surface area contributed by atoms with Gasteiger partial charge in [-0.05, 0) is 104 Å². The Morgan fingerprint density at radius 1 is 0.966 bits per heavy atom. The van der Waals surface area contributed by atoms with E-state index in [1.54, 1.807) is 6.07 Å². The van der Waals surface area contributed by atoms with Crippen LogP contribution in [-0.2, 0) is 0 Å². The molecule has 0 radical (unpaired) electrons. The largest absolute Gasteiger partial charge is 0.507 e. The molecule has 0 saturated heterocycles. The number of halogens is 1. The third-order valence-corrected chi connectivity index (χ3v) is 10.4. The van der Waals surface area contributed by atoms with Crippen LogP contribution in [0.4, 0.5) is 0 Å². The van der Waals surface area contributed by atoms with Crippen molar-refractivity contribution in [2.24, 2.45) is 39.5 Å². The molecule has 0 spiro atoms. The number of aliphatic imine (C=N–C) groups is 1. The quantitative estimate of drug-likeness (QED) is 0.461. The molecule has 3 heteroatoms. The highest BCUT2D eigenvalue weighted by Gasteiger charge is 2.59. The molecule has 0 heterocycles. The average molecular weight is 458 g/mol. The van der Waals surface area contributed by atoms with Gasteiger partial charge in [0.1, 0.15) is 5.75 Å². The van der Waals surface area contributed by atoms with Gasteiger partial charge in [-0.25, -0.2) is 0 Å². The molecule has 158 valence electrons. The fourth-order valence-electron chi connectivity index (χ4n) is 8.31. The van der Waals surface area contributed by atoms with Crippen molar-refractivity contribution in [3.63, 3.8) is 0 Å². The molecule has 1 aromatic carbocycles. The van der Waals surface area contributed by atoms with E-state index in [2.05, 4.69) is 29.8 Å². The van der Waals surface area contributed by atoms with Gasteiger partial charge in [-0.2, -0.15) is 0 Å². The van der Waals surface area contributed by atoms with E-state index in [4.69, 9.17) is 4.99 Å². The van der Waals surface area contributed by atoms with E-state index in [1.807, 2.05) is 18.3 Å². The number of hydrogen-bond donors (Lipinski definition) is 1. The van der Waals surface area contributed by atoms with Gasteiger partial charge in [0.15, 0.2) is 0 Å². The van der Waals surface area contributed by atoms with Gasteiger partial charge in [0.2, 0.25) is 0 Å². The Hall–Kier alpha value is -0.830. The van der Waals surface area contributed by atoms with Crippen LogP contribution in [0.1, 0.15) is 83.6 Å². The van der Waals surface area contributed by atoms with Gasteiger partial charge in [0.25, 0.3) is 0 Å². The highest BCUT2D eigenvalue weighted by atomic mass is 79.9. The molecule has 0 aliphatic heterocycles. The summed E-state index contributed by atoms with van der Waals surface area (Å²) in [5.74, 6) is 4.05. The summed E-state index contributed by atoms with van der Waals surface area (Å²) < 4.78 is 0.991. The Balaban J connectivity index is 1.37. The Bertz CT molecular complexity index is 806. The lowest BCUT2D eigenvalue weighted by molar-refractivity contribution is -0.105. The molecule has 0 unspecified atom stereocenters. The lowest BCUT2D eigenvalue weighted by atomic mass is 9.45. The van der Waals surface area contributed by atoms with Crippen LogP contribution in [0.2, 0.25) is 0 Å². The highest BCUT2D eigenvalue weighted by molar-refractivity contribution is 9.10. The predicted molar refractivity (Wildman–Crippen MR) is 124 cm³/mol. The van der Waals surface area contributed by atoms with Crippen LogP contribution < -0.4 is 0 Å². The number of hydrogen-bond acceptors (Lipinski definition) is 2. The van der Waals surface area contributed by atoms with Gasteiger partial charge in [0, 0.05) is 16.3 Å². The first-order valence-corrected chi connectivity index (χ1v) is 12.7. The summed E-state index contributed by atoms with van der Waals surface area (Å²) in [6.45, 7) is 5.20. The molecule has 4 saturated carbocycles. The van der Waals surface area contributed by atoms with E-state index < -0.39 is 0 Å². The minimum atomic E-state index is 0.323. The van der Waals surface area contributed by atoms with E-state index in [-0.39, 0.29) is 0 Å². The molecule has 4 fully saturated rings.